The number of rotatable bonds is 5. The lowest BCUT2D eigenvalue weighted by Gasteiger charge is -2.27. The minimum atomic E-state index is -1.04. The van der Waals surface area contributed by atoms with Crippen molar-refractivity contribution in [1.82, 2.24) is 24.5 Å². The molecule has 2 N–H and O–H groups in total. The highest BCUT2D eigenvalue weighted by Crippen LogP contribution is 2.42. The maximum atomic E-state index is 13.6. The lowest BCUT2D eigenvalue weighted by molar-refractivity contribution is 0.0689. The van der Waals surface area contributed by atoms with Gasteiger partial charge in [0.05, 0.1) is 11.9 Å². The quantitative estimate of drug-likeness (QED) is 0.362. The van der Waals surface area contributed by atoms with Crippen LogP contribution in [-0.2, 0) is 5.41 Å². The maximum Gasteiger partial charge on any atom is 0.354 e. The van der Waals surface area contributed by atoms with Crippen molar-refractivity contribution in [3.8, 4) is 5.75 Å². The molecule has 222 valence electrons. The number of carbonyl (C=O) groups is 2. The van der Waals surface area contributed by atoms with Crippen LogP contribution in [0.4, 0.5) is 11.5 Å². The molecule has 3 fully saturated rings. The van der Waals surface area contributed by atoms with Crippen molar-refractivity contribution in [1.29, 1.82) is 0 Å². The van der Waals surface area contributed by atoms with Gasteiger partial charge in [-0.15, -0.1) is 5.10 Å². The second-order valence-electron chi connectivity index (χ2n) is 12.7. The molecule has 1 spiro atoms. The van der Waals surface area contributed by atoms with Crippen molar-refractivity contribution in [2.75, 3.05) is 49.1 Å². The van der Waals surface area contributed by atoms with E-state index < -0.39 is 5.97 Å². The Morgan fingerprint density at radius 2 is 1.70 bits per heavy atom. The van der Waals surface area contributed by atoms with Gasteiger partial charge in [-0.3, -0.25) is 4.79 Å². The molecule has 2 atom stereocenters. The number of amides is 1. The third-order valence-electron chi connectivity index (χ3n) is 9.63. The van der Waals surface area contributed by atoms with Crippen LogP contribution in [0.1, 0.15) is 58.4 Å². The lowest BCUT2D eigenvalue weighted by Crippen LogP contribution is -2.34. The summed E-state index contributed by atoms with van der Waals surface area (Å²) in [6, 6.07) is 14.7. The summed E-state index contributed by atoms with van der Waals surface area (Å²) in [5, 5.41) is 24.4. The summed E-state index contributed by atoms with van der Waals surface area (Å²) < 4.78 is 1.72. The molecule has 3 aromatic heterocycles. The molecule has 1 amide bonds. The number of aromatic carboxylic acids is 1. The fourth-order valence-electron chi connectivity index (χ4n) is 7.21. The van der Waals surface area contributed by atoms with Gasteiger partial charge in [0.25, 0.3) is 5.91 Å². The van der Waals surface area contributed by atoms with Crippen LogP contribution in [0.5, 0.6) is 5.75 Å². The average Bonchev–Trinajstić information content (AvgIpc) is 3.80. The number of fused-ring (bicyclic) bond motifs is 1. The number of hydrogen-bond donors (Lipinski definition) is 2. The zero-order valence-corrected chi connectivity index (χ0v) is 24.4. The molecular weight excluding hydrogens is 546 g/mol. The van der Waals surface area contributed by atoms with E-state index in [1.807, 2.05) is 42.3 Å². The van der Waals surface area contributed by atoms with Crippen molar-refractivity contribution >= 4 is 29.0 Å². The number of carboxylic acid groups (broad SMARTS) is 1. The highest BCUT2D eigenvalue weighted by Gasteiger charge is 2.46. The van der Waals surface area contributed by atoms with E-state index in [9.17, 15) is 19.8 Å². The Labute approximate surface area is 249 Å². The van der Waals surface area contributed by atoms with Crippen LogP contribution in [-0.4, -0.2) is 85.8 Å². The number of benzene rings is 1. The van der Waals surface area contributed by atoms with Gasteiger partial charge in [0.2, 0.25) is 5.82 Å². The van der Waals surface area contributed by atoms with Gasteiger partial charge < -0.3 is 24.9 Å². The minimum absolute atomic E-state index is 0.0345. The molecule has 3 aliphatic heterocycles. The molecule has 3 saturated heterocycles. The maximum absolute atomic E-state index is 13.6. The number of aryl methyl sites for hydroxylation is 1. The summed E-state index contributed by atoms with van der Waals surface area (Å²) in [5.41, 5.74) is 3.39. The van der Waals surface area contributed by atoms with E-state index in [1.165, 1.54) is 6.07 Å². The molecule has 6 heterocycles. The first kappa shape index (κ1) is 27.2. The SMILES string of the molecule is Cc1cc(N2CCC(C)(c3ccccc3O)C2)cn2nc(C(=O)N3CC[C@@]4(CCN(c5cccc(C(=O)O)n5)C4)C3)nc12. The predicted octanol–water partition coefficient (Wildman–Crippen LogP) is 3.75. The Morgan fingerprint density at radius 1 is 0.907 bits per heavy atom. The highest BCUT2D eigenvalue weighted by molar-refractivity contribution is 5.91. The number of carboxylic acids is 1. The van der Waals surface area contributed by atoms with E-state index in [2.05, 4.69) is 37.9 Å². The number of carbonyl (C=O) groups excluding carboxylic acids is 1. The number of phenolic OH excluding ortho intramolecular Hbond substituents is 1. The first-order chi connectivity index (χ1) is 20.6. The van der Waals surface area contributed by atoms with E-state index in [0.717, 1.165) is 62.3 Å². The van der Waals surface area contributed by atoms with Crippen molar-refractivity contribution in [3.05, 3.63) is 77.4 Å². The molecule has 0 saturated carbocycles. The number of likely N-dealkylation sites (tertiary alicyclic amines) is 1. The predicted molar refractivity (Wildman–Crippen MR) is 161 cm³/mol. The Bertz CT molecular complexity index is 1750. The average molecular weight is 582 g/mol. The van der Waals surface area contributed by atoms with Crippen LogP contribution in [0.15, 0.2) is 54.7 Å². The van der Waals surface area contributed by atoms with Gasteiger partial charge in [0, 0.05) is 55.7 Å². The van der Waals surface area contributed by atoms with Gasteiger partial charge in [-0.2, -0.15) is 0 Å². The van der Waals surface area contributed by atoms with Gasteiger partial charge in [0.15, 0.2) is 11.3 Å². The normalized spacial score (nSPS) is 23.6. The van der Waals surface area contributed by atoms with Crippen molar-refractivity contribution in [3.63, 3.8) is 0 Å². The zero-order chi connectivity index (χ0) is 29.9. The summed E-state index contributed by atoms with van der Waals surface area (Å²) in [6.45, 7) is 8.53. The fraction of sp³-hybridized carbons (Fsp3) is 0.406. The second kappa shape index (κ2) is 9.96. The van der Waals surface area contributed by atoms with Gasteiger partial charge >= 0.3 is 5.97 Å². The molecule has 0 radical (unpaired) electrons. The molecule has 0 aliphatic carbocycles. The van der Waals surface area contributed by atoms with Crippen LogP contribution in [0, 0.1) is 12.3 Å². The third kappa shape index (κ3) is 4.72. The fourth-order valence-corrected chi connectivity index (χ4v) is 7.21. The number of para-hydroxylation sites is 1. The number of aromatic hydroxyl groups is 1. The first-order valence-electron chi connectivity index (χ1n) is 14.8. The third-order valence-corrected chi connectivity index (χ3v) is 9.63. The molecule has 11 nitrogen and oxygen atoms in total. The molecule has 1 aromatic carbocycles. The number of hydrogen-bond acceptors (Lipinski definition) is 8. The molecular formula is C32H35N7O4. The highest BCUT2D eigenvalue weighted by atomic mass is 16.4. The molecule has 11 heteroatoms. The smallest absolute Gasteiger partial charge is 0.354 e. The number of pyridine rings is 2. The van der Waals surface area contributed by atoms with Gasteiger partial charge in [-0.25, -0.2) is 19.3 Å². The Kier molecular flexibility index (Phi) is 6.30. The largest absolute Gasteiger partial charge is 0.508 e. The summed E-state index contributed by atoms with van der Waals surface area (Å²) >= 11 is 0. The van der Waals surface area contributed by atoms with Crippen molar-refractivity contribution < 1.29 is 19.8 Å². The summed E-state index contributed by atoms with van der Waals surface area (Å²) in [4.78, 5) is 40.2. The first-order valence-corrected chi connectivity index (χ1v) is 14.8. The van der Waals surface area contributed by atoms with Crippen LogP contribution in [0.25, 0.3) is 5.65 Å². The number of aromatic nitrogens is 4. The van der Waals surface area contributed by atoms with E-state index in [1.54, 1.807) is 16.6 Å². The Hall–Kier alpha value is -4.67. The Balaban J connectivity index is 1.06. The van der Waals surface area contributed by atoms with Crippen LogP contribution in [0.2, 0.25) is 0 Å². The van der Waals surface area contributed by atoms with E-state index in [4.69, 9.17) is 0 Å². The van der Waals surface area contributed by atoms with Crippen LogP contribution >= 0.6 is 0 Å². The second-order valence-corrected chi connectivity index (χ2v) is 12.7. The number of phenols is 1. The van der Waals surface area contributed by atoms with Crippen LogP contribution < -0.4 is 9.80 Å². The van der Waals surface area contributed by atoms with Crippen molar-refractivity contribution in [2.45, 2.75) is 38.5 Å². The zero-order valence-electron chi connectivity index (χ0n) is 24.4. The van der Waals surface area contributed by atoms with Gasteiger partial charge in [-0.05, 0) is 56.0 Å². The standard InChI is InChI=1S/C32H35N7O4/c1-21-16-22(36-13-10-31(2,18-36)23-6-3-4-8-25(23)40)17-39-28(21)34-27(35-39)29(41)38-15-12-32(20-38)11-14-37(19-32)26-9-5-7-24(33-26)30(42)43/h3-9,16-17,40H,10-15,18-20H2,1-2H3,(H,42,43)/t31?,32-/m1/s1. The van der Waals surface area contributed by atoms with Crippen LogP contribution in [0.3, 0.4) is 0 Å². The molecule has 3 aliphatic rings. The minimum Gasteiger partial charge on any atom is -0.508 e. The number of anilines is 2. The summed E-state index contributed by atoms with van der Waals surface area (Å²) in [6.07, 6.45) is 4.64. The summed E-state index contributed by atoms with van der Waals surface area (Å²) in [5.74, 6) is -0.0190. The van der Waals surface area contributed by atoms with Gasteiger partial charge in [0.1, 0.15) is 11.6 Å². The molecule has 7 rings (SSSR count). The topological polar surface area (TPSA) is 127 Å². The molecule has 4 aromatic rings. The lowest BCUT2D eigenvalue weighted by atomic mass is 9.81. The Morgan fingerprint density at radius 3 is 2.51 bits per heavy atom. The van der Waals surface area contributed by atoms with E-state index >= 15 is 0 Å². The van der Waals surface area contributed by atoms with E-state index in [-0.39, 0.29) is 28.3 Å². The molecule has 43 heavy (non-hydrogen) atoms. The number of nitrogens with zero attached hydrogens (tertiary/aromatic N) is 7. The van der Waals surface area contributed by atoms with Crippen molar-refractivity contribution in [2.24, 2.45) is 5.41 Å². The van der Waals surface area contributed by atoms with Gasteiger partial charge in [-0.1, -0.05) is 31.2 Å². The molecule has 0 bridgehead atoms. The summed E-state index contributed by atoms with van der Waals surface area (Å²) in [7, 11) is 0. The monoisotopic (exact) mass is 581 g/mol. The molecule has 1 unspecified atom stereocenters. The van der Waals surface area contributed by atoms with E-state index in [0.29, 0.717) is 30.3 Å².